The van der Waals surface area contributed by atoms with Gasteiger partial charge in [0.2, 0.25) is 5.96 Å². The van der Waals surface area contributed by atoms with E-state index < -0.39 is 0 Å². The molecule has 0 spiro atoms. The lowest BCUT2D eigenvalue weighted by Crippen LogP contribution is -2.29. The molecular weight excluding hydrogens is 256 g/mol. The van der Waals surface area contributed by atoms with Crippen molar-refractivity contribution in [3.8, 4) is 0 Å². The van der Waals surface area contributed by atoms with E-state index in [1.807, 2.05) is 24.3 Å². The van der Waals surface area contributed by atoms with Gasteiger partial charge in [-0.3, -0.25) is 5.41 Å². The average Bonchev–Trinajstić information content (AvgIpc) is 2.67. The molecule has 0 radical (unpaired) electrons. The van der Waals surface area contributed by atoms with Crippen LogP contribution in [0.5, 0.6) is 0 Å². The smallest absolute Gasteiger partial charge is 0.209 e. The highest BCUT2D eigenvalue weighted by Crippen LogP contribution is 2.21. The Labute approximate surface area is 96.4 Å². The molecule has 0 saturated heterocycles. The second-order valence-electron chi connectivity index (χ2n) is 3.28. The zero-order valence-corrected chi connectivity index (χ0v) is 9.66. The number of hydrogen-bond acceptors (Lipinski definition) is 2. The first kappa shape index (κ1) is 10.2. The Morgan fingerprint density at radius 1 is 1.47 bits per heavy atom. The average molecular weight is 267 g/mol. The van der Waals surface area contributed by atoms with Crippen molar-refractivity contribution in [1.82, 2.24) is 5.01 Å². The minimum absolute atomic E-state index is 0.00273. The molecule has 1 aromatic carbocycles. The number of nitrogens with one attached hydrogen (secondary N) is 1. The van der Waals surface area contributed by atoms with Gasteiger partial charge in [0.1, 0.15) is 0 Å². The third-order valence-corrected chi connectivity index (χ3v) is 2.96. The van der Waals surface area contributed by atoms with Crippen LogP contribution in [0.3, 0.4) is 0 Å². The lowest BCUT2D eigenvalue weighted by molar-refractivity contribution is 0.482. The number of nitrogens with two attached hydrogens (primary N) is 1. The quantitative estimate of drug-likeness (QED) is 0.601. The molecule has 1 aliphatic rings. The number of rotatable bonds is 1. The summed E-state index contributed by atoms with van der Waals surface area (Å²) >= 11 is 3.48. The first-order valence-electron chi connectivity index (χ1n) is 4.62. The second kappa shape index (κ2) is 4.02. The van der Waals surface area contributed by atoms with Crippen LogP contribution < -0.4 is 5.73 Å². The van der Waals surface area contributed by atoms with Gasteiger partial charge in [-0.25, -0.2) is 5.01 Å². The summed E-state index contributed by atoms with van der Waals surface area (Å²) in [4.78, 5) is 0. The zero-order valence-electron chi connectivity index (χ0n) is 8.07. The first-order valence-corrected chi connectivity index (χ1v) is 5.42. The minimum Gasteiger partial charge on any atom is -0.369 e. The maximum absolute atomic E-state index is 7.28. The van der Waals surface area contributed by atoms with Gasteiger partial charge in [0.15, 0.2) is 0 Å². The topological polar surface area (TPSA) is 65.5 Å². The summed E-state index contributed by atoms with van der Waals surface area (Å²) < 4.78 is 1.02. The first-order chi connectivity index (χ1) is 7.18. The monoisotopic (exact) mass is 266 g/mol. The van der Waals surface area contributed by atoms with Crippen LogP contribution >= 0.6 is 15.9 Å². The fourth-order valence-corrected chi connectivity index (χ4v) is 2.03. The molecule has 0 unspecified atom stereocenters. The van der Waals surface area contributed by atoms with Crippen molar-refractivity contribution in [3.05, 3.63) is 34.3 Å². The van der Waals surface area contributed by atoms with Crippen molar-refractivity contribution < 1.29 is 0 Å². The van der Waals surface area contributed by atoms with Crippen LogP contribution in [0.4, 0.5) is 0 Å². The summed E-state index contributed by atoms with van der Waals surface area (Å²) in [5, 5.41) is 13.1. The summed E-state index contributed by atoms with van der Waals surface area (Å²) in [7, 11) is 0. The van der Waals surface area contributed by atoms with Gasteiger partial charge in [-0.2, -0.15) is 5.10 Å². The fourth-order valence-electron chi connectivity index (χ4n) is 1.52. The molecule has 3 N–H and O–H groups in total. The normalized spacial score (nSPS) is 15.3. The minimum atomic E-state index is -0.00273. The predicted octanol–water partition coefficient (Wildman–Crippen LogP) is 1.75. The number of hydrazone groups is 1. The molecule has 15 heavy (non-hydrogen) atoms. The van der Waals surface area contributed by atoms with E-state index in [0.29, 0.717) is 6.54 Å². The van der Waals surface area contributed by atoms with Crippen molar-refractivity contribution in [3.63, 3.8) is 0 Å². The van der Waals surface area contributed by atoms with Crippen molar-refractivity contribution in [2.45, 2.75) is 6.42 Å². The van der Waals surface area contributed by atoms with E-state index in [-0.39, 0.29) is 5.96 Å². The van der Waals surface area contributed by atoms with E-state index in [4.69, 9.17) is 11.1 Å². The number of halogens is 1. The molecule has 0 amide bonds. The molecule has 2 rings (SSSR count). The Hall–Kier alpha value is -1.36. The molecule has 0 atom stereocenters. The Morgan fingerprint density at radius 2 is 2.20 bits per heavy atom. The van der Waals surface area contributed by atoms with Crippen molar-refractivity contribution in [2.24, 2.45) is 10.8 Å². The summed E-state index contributed by atoms with van der Waals surface area (Å²) in [5.41, 5.74) is 7.41. The van der Waals surface area contributed by atoms with E-state index >= 15 is 0 Å². The number of benzene rings is 1. The van der Waals surface area contributed by atoms with Crippen LogP contribution in [0.15, 0.2) is 33.8 Å². The zero-order chi connectivity index (χ0) is 10.8. The molecule has 0 aromatic heterocycles. The van der Waals surface area contributed by atoms with E-state index in [1.54, 1.807) is 0 Å². The largest absolute Gasteiger partial charge is 0.369 e. The van der Waals surface area contributed by atoms with Gasteiger partial charge in [0.05, 0.1) is 12.3 Å². The Balaban J connectivity index is 2.30. The van der Waals surface area contributed by atoms with Crippen LogP contribution in [0.25, 0.3) is 0 Å². The van der Waals surface area contributed by atoms with Crippen LogP contribution in [-0.4, -0.2) is 23.2 Å². The highest BCUT2D eigenvalue weighted by Gasteiger charge is 2.18. The molecule has 1 aromatic rings. The number of nitrogens with zero attached hydrogens (tertiary/aromatic N) is 2. The molecule has 0 bridgehead atoms. The van der Waals surface area contributed by atoms with Crippen LogP contribution in [0.2, 0.25) is 0 Å². The summed E-state index contributed by atoms with van der Waals surface area (Å²) in [5.74, 6) is -0.00273. The van der Waals surface area contributed by atoms with Crippen molar-refractivity contribution in [1.29, 1.82) is 5.41 Å². The van der Waals surface area contributed by atoms with Gasteiger partial charge < -0.3 is 5.73 Å². The van der Waals surface area contributed by atoms with Gasteiger partial charge in [-0.1, -0.05) is 34.1 Å². The van der Waals surface area contributed by atoms with Gasteiger partial charge in [0.25, 0.3) is 0 Å². The highest BCUT2D eigenvalue weighted by atomic mass is 79.9. The summed E-state index contributed by atoms with van der Waals surface area (Å²) in [6.07, 6.45) is 0.822. The third kappa shape index (κ3) is 2.02. The van der Waals surface area contributed by atoms with Gasteiger partial charge in [0, 0.05) is 16.5 Å². The standard InChI is InChI=1S/C10H11BrN4/c11-8-4-2-1-3-7(8)9-5-6-15(14-9)10(12)13/h1-4H,5-6H2,(H3,12,13). The molecule has 1 heterocycles. The van der Waals surface area contributed by atoms with E-state index in [2.05, 4.69) is 21.0 Å². The van der Waals surface area contributed by atoms with Gasteiger partial charge in [-0.15, -0.1) is 0 Å². The number of hydrogen-bond donors (Lipinski definition) is 2. The number of guanidine groups is 1. The SMILES string of the molecule is N=C(N)N1CCC(c2ccccc2Br)=N1. The van der Waals surface area contributed by atoms with Crippen LogP contribution in [0.1, 0.15) is 12.0 Å². The lowest BCUT2D eigenvalue weighted by atomic mass is 10.1. The fraction of sp³-hybridized carbons (Fsp3) is 0.200. The van der Waals surface area contributed by atoms with Crippen LogP contribution in [-0.2, 0) is 0 Å². The molecule has 0 saturated carbocycles. The molecule has 1 aliphatic heterocycles. The van der Waals surface area contributed by atoms with Crippen molar-refractivity contribution >= 4 is 27.6 Å². The van der Waals surface area contributed by atoms with Crippen molar-refractivity contribution in [2.75, 3.05) is 6.54 Å². The van der Waals surface area contributed by atoms with E-state index in [9.17, 15) is 0 Å². The molecule has 78 valence electrons. The Morgan fingerprint density at radius 3 is 2.80 bits per heavy atom. The molecule has 0 fully saturated rings. The van der Waals surface area contributed by atoms with Crippen LogP contribution in [0, 0.1) is 5.41 Å². The predicted molar refractivity (Wildman–Crippen MR) is 63.9 cm³/mol. The van der Waals surface area contributed by atoms with E-state index in [1.165, 1.54) is 5.01 Å². The Bertz CT molecular complexity index is 427. The van der Waals surface area contributed by atoms with E-state index in [0.717, 1.165) is 22.2 Å². The maximum atomic E-state index is 7.28. The molecule has 5 heteroatoms. The second-order valence-corrected chi connectivity index (χ2v) is 4.14. The Kier molecular flexibility index (Phi) is 2.73. The highest BCUT2D eigenvalue weighted by molar-refractivity contribution is 9.10. The molecular formula is C10H11BrN4. The van der Waals surface area contributed by atoms with Gasteiger partial charge in [-0.05, 0) is 6.07 Å². The molecule has 4 nitrogen and oxygen atoms in total. The van der Waals surface area contributed by atoms with Gasteiger partial charge >= 0.3 is 0 Å². The summed E-state index contributed by atoms with van der Waals surface area (Å²) in [6.45, 7) is 0.687. The maximum Gasteiger partial charge on any atom is 0.209 e. The summed E-state index contributed by atoms with van der Waals surface area (Å²) in [6, 6.07) is 7.92. The molecule has 0 aliphatic carbocycles. The third-order valence-electron chi connectivity index (χ3n) is 2.26. The lowest BCUT2D eigenvalue weighted by Gasteiger charge is -2.08.